The number of rotatable bonds is 9. The Bertz CT molecular complexity index is 1850. The number of aromatic nitrogens is 3. The van der Waals surface area contributed by atoms with E-state index < -0.39 is 24.7 Å². The molecule has 1 atom stereocenters. The smallest absolute Gasteiger partial charge is 0.465 e. The first-order valence-electron chi connectivity index (χ1n) is 14.7. The van der Waals surface area contributed by atoms with Gasteiger partial charge >= 0.3 is 18.5 Å². The van der Waals surface area contributed by atoms with Crippen LogP contribution in [-0.2, 0) is 11.2 Å². The third-order valence-corrected chi connectivity index (χ3v) is 8.22. The molecule has 0 bridgehead atoms. The molecule has 5 rings (SSSR count). The largest absolute Gasteiger partial charge is 0.573 e. The molecule has 0 saturated carbocycles. The lowest BCUT2D eigenvalue weighted by Gasteiger charge is -2.29. The fraction of sp³-hybridized carbons (Fsp3) is 0.250. The molecule has 0 radical (unpaired) electrons. The Morgan fingerprint density at radius 1 is 1.10 bits per heavy atom. The number of carbonyl (C=O) groups is 3. The Balaban J connectivity index is 1.36. The lowest BCUT2D eigenvalue weighted by atomic mass is 10.1. The van der Waals surface area contributed by atoms with Crippen molar-refractivity contribution in [2.45, 2.75) is 39.7 Å². The molecule has 4 aromatic rings. The monoisotopic (exact) mass is 681 g/mol. The van der Waals surface area contributed by atoms with Gasteiger partial charge in [-0.3, -0.25) is 14.6 Å². The molecule has 12 nitrogen and oxygen atoms in total. The van der Waals surface area contributed by atoms with Crippen molar-refractivity contribution in [3.63, 3.8) is 0 Å². The number of aryl methyl sites for hydroxylation is 2. The number of ether oxygens (including phenoxy) is 1. The van der Waals surface area contributed by atoms with Gasteiger partial charge in [0.25, 0.3) is 0 Å². The van der Waals surface area contributed by atoms with Gasteiger partial charge in [0.05, 0.1) is 17.1 Å². The number of aliphatic imine (C=N–C) groups is 1. The molecule has 0 aliphatic carbocycles. The quantitative estimate of drug-likeness (QED) is 0.190. The Kier molecular flexibility index (Phi) is 10.0. The van der Waals surface area contributed by atoms with Gasteiger partial charge in [-0.05, 0) is 67.3 Å². The number of benzene rings is 3. The number of halogens is 3. The van der Waals surface area contributed by atoms with Gasteiger partial charge in [-0.25, -0.2) is 19.3 Å². The van der Waals surface area contributed by atoms with Crippen LogP contribution in [0.3, 0.4) is 0 Å². The molecule has 1 aliphatic heterocycles. The molecule has 3 aromatic carbocycles. The van der Waals surface area contributed by atoms with E-state index in [1.165, 1.54) is 28.0 Å². The summed E-state index contributed by atoms with van der Waals surface area (Å²) >= 11 is 1.12. The van der Waals surface area contributed by atoms with Crippen molar-refractivity contribution in [1.29, 1.82) is 0 Å². The van der Waals surface area contributed by atoms with Crippen LogP contribution in [0.2, 0.25) is 0 Å². The molecule has 1 aromatic heterocycles. The molecular weight excluding hydrogens is 651 g/mol. The van der Waals surface area contributed by atoms with Crippen molar-refractivity contribution in [1.82, 2.24) is 25.0 Å². The van der Waals surface area contributed by atoms with Crippen LogP contribution in [0.15, 0.2) is 78.0 Å². The summed E-state index contributed by atoms with van der Waals surface area (Å²) in [5, 5.41) is 17.2. The maximum atomic E-state index is 13.3. The topological polar surface area (TPSA) is 142 Å². The van der Waals surface area contributed by atoms with Crippen LogP contribution in [0.25, 0.3) is 17.1 Å². The van der Waals surface area contributed by atoms with Crippen molar-refractivity contribution in [3.8, 4) is 22.8 Å². The normalized spacial score (nSPS) is 14.7. The van der Waals surface area contributed by atoms with E-state index in [0.29, 0.717) is 34.7 Å². The maximum Gasteiger partial charge on any atom is 0.573 e. The number of thioether (sulfide) groups is 1. The highest BCUT2D eigenvalue weighted by molar-refractivity contribution is 8.15. The van der Waals surface area contributed by atoms with Crippen LogP contribution in [0, 0.1) is 6.92 Å². The zero-order chi connectivity index (χ0) is 34.6. The Morgan fingerprint density at radius 2 is 1.81 bits per heavy atom. The summed E-state index contributed by atoms with van der Waals surface area (Å²) in [5.41, 5.74) is 3.93. The van der Waals surface area contributed by atoms with Crippen LogP contribution in [0.4, 0.5) is 28.4 Å². The van der Waals surface area contributed by atoms with E-state index in [1.54, 1.807) is 31.2 Å². The van der Waals surface area contributed by atoms with Gasteiger partial charge in [-0.1, -0.05) is 55.1 Å². The molecule has 1 aliphatic rings. The SMILES string of the molecule is CCc1ccc(C)cc1N1C(=O)CSC1=NC(=O)NC(c1ccc(-c2ncn(-c3ccc(OC(F)(F)F)cc3)n2)cc1)N(CC)C(=O)O. The molecule has 0 spiro atoms. The molecule has 48 heavy (non-hydrogen) atoms. The summed E-state index contributed by atoms with van der Waals surface area (Å²) in [4.78, 5) is 49.2. The second-order valence-electron chi connectivity index (χ2n) is 10.5. The highest BCUT2D eigenvalue weighted by Crippen LogP contribution is 2.31. The number of carbonyl (C=O) groups excluding carboxylic acids is 2. The van der Waals surface area contributed by atoms with E-state index in [4.69, 9.17) is 0 Å². The number of nitrogens with one attached hydrogen (secondary N) is 1. The molecular formula is C32H30F3N7O5S. The van der Waals surface area contributed by atoms with E-state index in [-0.39, 0.29) is 29.1 Å². The molecule has 1 fully saturated rings. The summed E-state index contributed by atoms with van der Waals surface area (Å²) in [6, 6.07) is 16.5. The summed E-state index contributed by atoms with van der Waals surface area (Å²) in [7, 11) is 0. The van der Waals surface area contributed by atoms with E-state index in [1.807, 2.05) is 32.0 Å². The Morgan fingerprint density at radius 3 is 2.44 bits per heavy atom. The zero-order valence-corrected chi connectivity index (χ0v) is 26.7. The Hall–Kier alpha value is -5.38. The molecule has 250 valence electrons. The lowest BCUT2D eigenvalue weighted by molar-refractivity contribution is -0.274. The third-order valence-electron chi connectivity index (χ3n) is 7.29. The van der Waals surface area contributed by atoms with Gasteiger partial charge in [0.2, 0.25) is 5.91 Å². The summed E-state index contributed by atoms with van der Waals surface area (Å²) in [6.07, 6.45) is -5.15. The van der Waals surface area contributed by atoms with Crippen LogP contribution in [0.1, 0.15) is 36.7 Å². The lowest BCUT2D eigenvalue weighted by Crippen LogP contribution is -2.43. The van der Waals surface area contributed by atoms with E-state index >= 15 is 0 Å². The van der Waals surface area contributed by atoms with Crippen LogP contribution >= 0.6 is 11.8 Å². The van der Waals surface area contributed by atoms with Gasteiger partial charge in [0.1, 0.15) is 18.2 Å². The first kappa shape index (κ1) is 34.0. The minimum atomic E-state index is -4.81. The van der Waals surface area contributed by atoms with E-state index in [0.717, 1.165) is 39.9 Å². The average molecular weight is 682 g/mol. The predicted octanol–water partition coefficient (Wildman–Crippen LogP) is 6.55. The molecule has 2 N–H and O–H groups in total. The van der Waals surface area contributed by atoms with Gasteiger partial charge in [0, 0.05) is 12.1 Å². The van der Waals surface area contributed by atoms with Gasteiger partial charge < -0.3 is 15.2 Å². The fourth-order valence-electron chi connectivity index (χ4n) is 5.00. The molecule has 1 saturated heterocycles. The number of alkyl halides is 3. The summed E-state index contributed by atoms with van der Waals surface area (Å²) < 4.78 is 42.7. The van der Waals surface area contributed by atoms with Gasteiger partial charge in [-0.15, -0.1) is 18.3 Å². The van der Waals surface area contributed by atoms with Crippen molar-refractivity contribution in [3.05, 3.63) is 89.7 Å². The van der Waals surface area contributed by atoms with E-state index in [9.17, 15) is 32.7 Å². The molecule has 1 unspecified atom stereocenters. The van der Waals surface area contributed by atoms with Crippen LogP contribution < -0.4 is 15.0 Å². The Labute approximate surface area is 277 Å². The number of amides is 4. The third kappa shape index (κ3) is 7.76. The highest BCUT2D eigenvalue weighted by atomic mass is 32.2. The predicted molar refractivity (Wildman–Crippen MR) is 173 cm³/mol. The van der Waals surface area contributed by atoms with Crippen molar-refractivity contribution >= 4 is 40.6 Å². The number of hydrogen-bond donors (Lipinski definition) is 2. The fourth-order valence-corrected chi connectivity index (χ4v) is 5.86. The first-order chi connectivity index (χ1) is 22.9. The molecule has 16 heteroatoms. The zero-order valence-electron chi connectivity index (χ0n) is 25.9. The standard InChI is InChI=1S/C32H30F3N7O5S/c1-4-20-7-6-19(3)16-25(20)42-26(43)17-48-30(42)38-29(44)37-28(40(5-2)31(45)46)22-10-8-21(9-11-22)27-36-18-41(39-27)23-12-14-24(15-13-23)47-32(33,34)35/h6-16,18,28H,4-5,17H2,1-3H3,(H,37,44)(H,45,46). The van der Waals surface area contributed by atoms with Gasteiger partial charge in [-0.2, -0.15) is 4.99 Å². The van der Waals surface area contributed by atoms with Crippen molar-refractivity contribution < 1.29 is 37.4 Å². The number of nitrogens with zero attached hydrogens (tertiary/aromatic N) is 6. The average Bonchev–Trinajstić information content (AvgIpc) is 3.67. The number of anilines is 1. The van der Waals surface area contributed by atoms with E-state index in [2.05, 4.69) is 25.1 Å². The minimum Gasteiger partial charge on any atom is -0.465 e. The molecule has 4 amide bonds. The number of amidine groups is 1. The maximum absolute atomic E-state index is 13.3. The van der Waals surface area contributed by atoms with Crippen molar-refractivity contribution in [2.75, 3.05) is 17.2 Å². The van der Waals surface area contributed by atoms with Crippen LogP contribution in [0.5, 0.6) is 5.75 Å². The number of hydrogen-bond acceptors (Lipinski definition) is 7. The summed E-state index contributed by atoms with van der Waals surface area (Å²) in [6.45, 7) is 5.54. The number of carboxylic acid groups (broad SMARTS) is 1. The number of urea groups is 1. The second kappa shape index (κ2) is 14.2. The first-order valence-corrected chi connectivity index (χ1v) is 15.7. The minimum absolute atomic E-state index is 0.0415. The van der Waals surface area contributed by atoms with Gasteiger partial charge in [0.15, 0.2) is 11.0 Å². The van der Waals surface area contributed by atoms with Crippen LogP contribution in [-0.4, -0.2) is 66.6 Å². The highest BCUT2D eigenvalue weighted by Gasteiger charge is 2.33. The second-order valence-corrected chi connectivity index (χ2v) is 11.4. The summed E-state index contributed by atoms with van der Waals surface area (Å²) in [5.74, 6) is -0.197. The van der Waals surface area contributed by atoms with Crippen molar-refractivity contribution in [2.24, 2.45) is 4.99 Å². The molecule has 2 heterocycles.